The Labute approximate surface area is 141 Å². The number of rotatable bonds is 10. The topological polar surface area (TPSA) is 48.9 Å². The average Bonchev–Trinajstić information content (AvgIpc) is 2.57. The van der Waals surface area contributed by atoms with Crippen LogP contribution in [-0.2, 0) is 4.74 Å². The molecule has 0 saturated carbocycles. The second-order valence-corrected chi connectivity index (χ2v) is 5.69. The lowest BCUT2D eigenvalue weighted by Crippen LogP contribution is -2.39. The van der Waals surface area contributed by atoms with E-state index in [2.05, 4.69) is 65.7 Å². The molecule has 5 heteroatoms. The Morgan fingerprint density at radius 1 is 1.26 bits per heavy atom. The summed E-state index contributed by atoms with van der Waals surface area (Å²) in [6.45, 7) is 8.68. The van der Waals surface area contributed by atoms with Gasteiger partial charge >= 0.3 is 0 Å². The number of benzene rings is 1. The number of hydrogen-bond acceptors (Lipinski definition) is 3. The summed E-state index contributed by atoms with van der Waals surface area (Å²) in [6, 6.07) is 10.7. The van der Waals surface area contributed by atoms with Crippen LogP contribution in [0.2, 0.25) is 0 Å². The van der Waals surface area contributed by atoms with E-state index in [-0.39, 0.29) is 6.04 Å². The maximum absolute atomic E-state index is 5.09. The van der Waals surface area contributed by atoms with Crippen LogP contribution in [0, 0.1) is 0 Å². The molecule has 0 spiro atoms. The van der Waals surface area contributed by atoms with E-state index in [4.69, 9.17) is 4.74 Å². The molecule has 0 saturated heterocycles. The van der Waals surface area contributed by atoms with Gasteiger partial charge in [0.15, 0.2) is 5.96 Å². The third-order valence-electron chi connectivity index (χ3n) is 3.64. The molecule has 130 valence electrons. The largest absolute Gasteiger partial charge is 0.383 e. The second-order valence-electron chi connectivity index (χ2n) is 5.69. The van der Waals surface area contributed by atoms with Crippen LogP contribution in [0.1, 0.15) is 31.9 Å². The molecule has 0 bridgehead atoms. The highest BCUT2D eigenvalue weighted by molar-refractivity contribution is 5.80. The quantitative estimate of drug-likeness (QED) is 0.394. The Bertz CT molecular complexity index is 436. The molecule has 0 aliphatic carbocycles. The summed E-state index contributed by atoms with van der Waals surface area (Å²) in [5.41, 5.74) is 1.26. The number of aliphatic imine (C=N–C) groups is 1. The van der Waals surface area contributed by atoms with Crippen molar-refractivity contribution < 1.29 is 4.74 Å². The third-order valence-corrected chi connectivity index (χ3v) is 3.64. The maximum atomic E-state index is 5.09. The van der Waals surface area contributed by atoms with Crippen LogP contribution in [0.5, 0.6) is 0 Å². The number of ether oxygens (including phenoxy) is 1. The molecule has 0 aliphatic heterocycles. The first kappa shape index (κ1) is 19.5. The van der Waals surface area contributed by atoms with Crippen molar-refractivity contribution in [2.24, 2.45) is 4.99 Å². The molecule has 2 N–H and O–H groups in total. The normalized spacial score (nSPS) is 13.2. The summed E-state index contributed by atoms with van der Waals surface area (Å²) in [7, 11) is 3.85. The van der Waals surface area contributed by atoms with Gasteiger partial charge in [-0.1, -0.05) is 30.3 Å². The molecule has 1 rings (SSSR count). The highest BCUT2D eigenvalue weighted by Gasteiger charge is 2.06. The molecule has 23 heavy (non-hydrogen) atoms. The van der Waals surface area contributed by atoms with Crippen LogP contribution in [0.15, 0.2) is 35.3 Å². The molecule has 0 fully saturated rings. The van der Waals surface area contributed by atoms with Gasteiger partial charge in [0.05, 0.1) is 12.6 Å². The van der Waals surface area contributed by atoms with E-state index in [0.29, 0.717) is 0 Å². The van der Waals surface area contributed by atoms with Crippen molar-refractivity contribution >= 4 is 5.96 Å². The van der Waals surface area contributed by atoms with E-state index < -0.39 is 0 Å². The minimum Gasteiger partial charge on any atom is -0.383 e. The van der Waals surface area contributed by atoms with Crippen LogP contribution in [0.4, 0.5) is 0 Å². The molecular formula is C18H32N4O. The lowest BCUT2D eigenvalue weighted by Gasteiger charge is -2.18. The highest BCUT2D eigenvalue weighted by atomic mass is 16.5. The van der Waals surface area contributed by atoms with E-state index in [1.807, 2.05) is 6.07 Å². The van der Waals surface area contributed by atoms with Crippen molar-refractivity contribution in [3.05, 3.63) is 35.9 Å². The first-order valence-corrected chi connectivity index (χ1v) is 8.44. The van der Waals surface area contributed by atoms with Gasteiger partial charge in [0, 0.05) is 26.7 Å². The minimum atomic E-state index is 0.235. The standard InChI is InChI=1S/C18H32N4O/c1-5-19-18(20-12-9-13-22(3)14-15-23-4)21-16(2)17-10-7-6-8-11-17/h6-8,10-11,16H,5,9,12-15H2,1-4H3,(H2,19,20,21). The number of hydrogen-bond donors (Lipinski definition) is 2. The van der Waals surface area contributed by atoms with Gasteiger partial charge in [0.1, 0.15) is 0 Å². The SMILES string of the molecule is CCNC(=NCCCN(C)CCOC)NC(C)c1ccccc1. The molecule has 0 heterocycles. The minimum absolute atomic E-state index is 0.235. The lowest BCUT2D eigenvalue weighted by atomic mass is 10.1. The highest BCUT2D eigenvalue weighted by Crippen LogP contribution is 2.10. The van der Waals surface area contributed by atoms with Crippen LogP contribution < -0.4 is 10.6 Å². The predicted octanol–water partition coefficient (Wildman–Crippen LogP) is 2.27. The van der Waals surface area contributed by atoms with E-state index in [1.54, 1.807) is 7.11 Å². The Morgan fingerprint density at radius 3 is 2.65 bits per heavy atom. The molecule has 0 radical (unpaired) electrons. The van der Waals surface area contributed by atoms with Gasteiger partial charge in [-0.25, -0.2) is 0 Å². The van der Waals surface area contributed by atoms with Crippen molar-refractivity contribution in [3.63, 3.8) is 0 Å². The zero-order valence-corrected chi connectivity index (χ0v) is 15.0. The van der Waals surface area contributed by atoms with E-state index in [9.17, 15) is 0 Å². The smallest absolute Gasteiger partial charge is 0.191 e. The first-order valence-electron chi connectivity index (χ1n) is 8.44. The van der Waals surface area contributed by atoms with Crippen LogP contribution in [-0.4, -0.2) is 57.8 Å². The van der Waals surface area contributed by atoms with E-state index >= 15 is 0 Å². The Kier molecular flexibility index (Phi) is 10.1. The third kappa shape index (κ3) is 8.57. The Morgan fingerprint density at radius 2 is 2.00 bits per heavy atom. The molecule has 0 aromatic heterocycles. The molecule has 1 atom stereocenters. The molecule has 1 unspecified atom stereocenters. The van der Waals surface area contributed by atoms with Gasteiger partial charge in [-0.15, -0.1) is 0 Å². The van der Waals surface area contributed by atoms with Gasteiger partial charge in [0.25, 0.3) is 0 Å². The Hall–Kier alpha value is -1.59. The summed E-state index contributed by atoms with van der Waals surface area (Å²) in [5, 5.41) is 6.77. The predicted molar refractivity (Wildman–Crippen MR) is 98.0 cm³/mol. The van der Waals surface area contributed by atoms with Crippen molar-refractivity contribution in [3.8, 4) is 0 Å². The summed E-state index contributed by atoms with van der Waals surface area (Å²) in [6.07, 6.45) is 1.04. The first-order chi connectivity index (χ1) is 11.2. The summed E-state index contributed by atoms with van der Waals surface area (Å²) in [4.78, 5) is 6.94. The number of nitrogens with zero attached hydrogens (tertiary/aromatic N) is 2. The fraction of sp³-hybridized carbons (Fsp3) is 0.611. The van der Waals surface area contributed by atoms with Crippen molar-refractivity contribution in [2.75, 3.05) is 46.9 Å². The van der Waals surface area contributed by atoms with Crippen LogP contribution in [0.3, 0.4) is 0 Å². The van der Waals surface area contributed by atoms with E-state index in [1.165, 1.54) is 5.56 Å². The van der Waals surface area contributed by atoms with Crippen molar-refractivity contribution in [1.82, 2.24) is 15.5 Å². The zero-order valence-electron chi connectivity index (χ0n) is 15.0. The lowest BCUT2D eigenvalue weighted by molar-refractivity contribution is 0.161. The fourth-order valence-electron chi connectivity index (χ4n) is 2.24. The summed E-state index contributed by atoms with van der Waals surface area (Å²) in [5.74, 6) is 0.878. The molecule has 5 nitrogen and oxygen atoms in total. The number of guanidine groups is 1. The molecular weight excluding hydrogens is 288 g/mol. The molecule has 1 aromatic carbocycles. The summed E-state index contributed by atoms with van der Waals surface area (Å²) >= 11 is 0. The molecule has 0 amide bonds. The number of likely N-dealkylation sites (N-methyl/N-ethyl adjacent to an activating group) is 1. The van der Waals surface area contributed by atoms with Gasteiger partial charge in [0.2, 0.25) is 0 Å². The number of nitrogens with one attached hydrogen (secondary N) is 2. The summed E-state index contributed by atoms with van der Waals surface area (Å²) < 4.78 is 5.09. The van der Waals surface area contributed by atoms with Gasteiger partial charge in [-0.05, 0) is 39.4 Å². The zero-order chi connectivity index (χ0) is 16.9. The van der Waals surface area contributed by atoms with E-state index in [0.717, 1.165) is 45.2 Å². The number of methoxy groups -OCH3 is 1. The van der Waals surface area contributed by atoms with Crippen molar-refractivity contribution in [2.45, 2.75) is 26.3 Å². The molecule has 1 aromatic rings. The molecule has 0 aliphatic rings. The van der Waals surface area contributed by atoms with Gasteiger partial charge < -0.3 is 20.3 Å². The monoisotopic (exact) mass is 320 g/mol. The van der Waals surface area contributed by atoms with Crippen LogP contribution >= 0.6 is 0 Å². The second kappa shape index (κ2) is 11.9. The van der Waals surface area contributed by atoms with Crippen LogP contribution in [0.25, 0.3) is 0 Å². The average molecular weight is 320 g/mol. The van der Waals surface area contributed by atoms with Crippen molar-refractivity contribution in [1.29, 1.82) is 0 Å². The van der Waals surface area contributed by atoms with Gasteiger partial charge in [-0.2, -0.15) is 0 Å². The Balaban J connectivity index is 2.41. The van der Waals surface area contributed by atoms with Gasteiger partial charge in [-0.3, -0.25) is 4.99 Å². The fourth-order valence-corrected chi connectivity index (χ4v) is 2.24. The maximum Gasteiger partial charge on any atom is 0.191 e.